The second-order valence-electron chi connectivity index (χ2n) is 5.78. The van der Waals surface area contributed by atoms with Crippen LogP contribution in [0.15, 0.2) is 0 Å². The number of hydrogen-bond donors (Lipinski definition) is 1. The van der Waals surface area contributed by atoms with Gasteiger partial charge < -0.3 is 4.90 Å². The Morgan fingerprint density at radius 1 is 1.17 bits per heavy atom. The number of amides is 1. The second-order valence-corrected chi connectivity index (χ2v) is 5.78. The molecule has 1 saturated heterocycles. The van der Waals surface area contributed by atoms with Crippen molar-refractivity contribution < 1.29 is 4.79 Å². The third-order valence-electron chi connectivity index (χ3n) is 3.97. The van der Waals surface area contributed by atoms with E-state index in [0.717, 1.165) is 32.1 Å². The quantitative estimate of drug-likeness (QED) is 0.757. The van der Waals surface area contributed by atoms with E-state index in [1.807, 2.05) is 0 Å². The molecule has 0 aromatic carbocycles. The average molecular weight is 254 g/mol. The van der Waals surface area contributed by atoms with E-state index in [4.69, 9.17) is 0 Å². The molecular formula is C15H30N2O. The Hall–Kier alpha value is -0.570. The zero-order valence-electron chi connectivity index (χ0n) is 12.7. The molecule has 0 aromatic rings. The number of carbonyl (C=O) groups is 1. The zero-order chi connectivity index (χ0) is 13.7. The van der Waals surface area contributed by atoms with Gasteiger partial charge >= 0.3 is 0 Å². The Bertz CT molecular complexity index is 265. The molecule has 0 aromatic heterocycles. The molecule has 1 aliphatic rings. The predicted molar refractivity (Wildman–Crippen MR) is 76.3 cm³/mol. The molecule has 1 aliphatic heterocycles. The maximum Gasteiger partial charge on any atom is 0.241 e. The summed E-state index contributed by atoms with van der Waals surface area (Å²) in [5, 5.41) is 3.54. The van der Waals surface area contributed by atoms with Crippen molar-refractivity contribution in [2.45, 2.75) is 85.0 Å². The van der Waals surface area contributed by atoms with E-state index in [1.165, 1.54) is 0 Å². The third kappa shape index (κ3) is 3.25. The van der Waals surface area contributed by atoms with Crippen LogP contribution in [0.5, 0.6) is 0 Å². The predicted octanol–water partition coefficient (Wildman–Crippen LogP) is 3.15. The molecule has 1 amide bonds. The Morgan fingerprint density at radius 2 is 1.78 bits per heavy atom. The minimum absolute atomic E-state index is 0.0550. The maximum atomic E-state index is 12.5. The SMILES string of the molecule is CCCC1NC(CCC)N(C(CC)C(C)C)C1=O. The highest BCUT2D eigenvalue weighted by atomic mass is 16.2. The highest BCUT2D eigenvalue weighted by Crippen LogP contribution is 2.25. The molecule has 3 heteroatoms. The van der Waals surface area contributed by atoms with Crippen LogP contribution in [0.25, 0.3) is 0 Å². The van der Waals surface area contributed by atoms with Crippen LogP contribution < -0.4 is 5.32 Å². The first-order chi connectivity index (χ1) is 8.56. The van der Waals surface area contributed by atoms with Crippen molar-refractivity contribution in [1.82, 2.24) is 10.2 Å². The van der Waals surface area contributed by atoms with Gasteiger partial charge in [0.15, 0.2) is 0 Å². The molecule has 0 spiro atoms. The minimum Gasteiger partial charge on any atom is -0.323 e. The van der Waals surface area contributed by atoms with Gasteiger partial charge in [0.2, 0.25) is 5.91 Å². The molecule has 1 fully saturated rings. The first-order valence-corrected chi connectivity index (χ1v) is 7.64. The van der Waals surface area contributed by atoms with Gasteiger partial charge in [0.05, 0.1) is 12.2 Å². The van der Waals surface area contributed by atoms with Crippen LogP contribution in [0.1, 0.15) is 66.7 Å². The number of nitrogens with zero attached hydrogens (tertiary/aromatic N) is 1. The van der Waals surface area contributed by atoms with Crippen LogP contribution >= 0.6 is 0 Å². The topological polar surface area (TPSA) is 32.3 Å². The molecule has 1 N–H and O–H groups in total. The Morgan fingerprint density at radius 3 is 2.22 bits per heavy atom. The summed E-state index contributed by atoms with van der Waals surface area (Å²) in [6.07, 6.45) is 5.51. The first-order valence-electron chi connectivity index (χ1n) is 7.64. The summed E-state index contributed by atoms with van der Waals surface area (Å²) < 4.78 is 0. The highest BCUT2D eigenvalue weighted by Gasteiger charge is 2.41. The molecule has 1 rings (SSSR count). The minimum atomic E-state index is 0.0550. The highest BCUT2D eigenvalue weighted by molar-refractivity contribution is 5.84. The Balaban J connectivity index is 2.85. The molecule has 0 radical (unpaired) electrons. The van der Waals surface area contributed by atoms with E-state index < -0.39 is 0 Å². The van der Waals surface area contributed by atoms with Crippen molar-refractivity contribution in [2.24, 2.45) is 5.92 Å². The first kappa shape index (κ1) is 15.5. The Labute approximate surface area is 112 Å². The summed E-state index contributed by atoms with van der Waals surface area (Å²) in [5.74, 6) is 0.858. The normalized spacial score (nSPS) is 26.1. The van der Waals surface area contributed by atoms with Crippen LogP contribution in [0, 0.1) is 5.92 Å². The summed E-state index contributed by atoms with van der Waals surface area (Å²) in [6, 6.07) is 0.433. The van der Waals surface area contributed by atoms with Gasteiger partial charge in [0, 0.05) is 6.04 Å². The fourth-order valence-electron chi connectivity index (χ4n) is 3.09. The molecular weight excluding hydrogens is 224 g/mol. The van der Waals surface area contributed by atoms with Crippen LogP contribution in [-0.2, 0) is 4.79 Å². The molecule has 3 unspecified atom stereocenters. The zero-order valence-corrected chi connectivity index (χ0v) is 12.7. The lowest BCUT2D eigenvalue weighted by Crippen LogP contribution is -2.46. The molecule has 106 valence electrons. The molecule has 1 heterocycles. The van der Waals surface area contributed by atoms with Gasteiger partial charge in [-0.05, 0) is 25.2 Å². The van der Waals surface area contributed by atoms with Crippen LogP contribution in [-0.4, -0.2) is 29.1 Å². The fourth-order valence-corrected chi connectivity index (χ4v) is 3.09. The average Bonchev–Trinajstić information content (AvgIpc) is 2.60. The van der Waals surface area contributed by atoms with E-state index in [0.29, 0.717) is 17.9 Å². The van der Waals surface area contributed by atoms with Crippen molar-refractivity contribution in [2.75, 3.05) is 0 Å². The summed E-state index contributed by atoms with van der Waals surface area (Å²) in [7, 11) is 0. The van der Waals surface area contributed by atoms with Gasteiger partial charge in [-0.15, -0.1) is 0 Å². The van der Waals surface area contributed by atoms with Crippen molar-refractivity contribution in [3.8, 4) is 0 Å². The van der Waals surface area contributed by atoms with Crippen molar-refractivity contribution >= 4 is 5.91 Å². The summed E-state index contributed by atoms with van der Waals surface area (Å²) in [5.41, 5.74) is 0. The summed E-state index contributed by atoms with van der Waals surface area (Å²) in [4.78, 5) is 14.7. The van der Waals surface area contributed by atoms with Crippen molar-refractivity contribution in [1.29, 1.82) is 0 Å². The van der Waals surface area contributed by atoms with Crippen molar-refractivity contribution in [3.63, 3.8) is 0 Å². The molecule has 18 heavy (non-hydrogen) atoms. The van der Waals surface area contributed by atoms with Crippen LogP contribution in [0.4, 0.5) is 0 Å². The van der Waals surface area contributed by atoms with Gasteiger partial charge in [0.25, 0.3) is 0 Å². The van der Waals surface area contributed by atoms with E-state index in [1.54, 1.807) is 0 Å². The van der Waals surface area contributed by atoms with Crippen LogP contribution in [0.3, 0.4) is 0 Å². The van der Waals surface area contributed by atoms with Gasteiger partial charge in [0.1, 0.15) is 0 Å². The van der Waals surface area contributed by atoms with Gasteiger partial charge in [-0.3, -0.25) is 10.1 Å². The monoisotopic (exact) mass is 254 g/mol. The van der Waals surface area contributed by atoms with E-state index in [2.05, 4.69) is 44.8 Å². The standard InChI is InChI=1S/C15H30N2O/c1-6-9-12-15(18)17(13(8-3)11(4)5)14(16-12)10-7-2/h11-14,16H,6-10H2,1-5H3. The summed E-state index contributed by atoms with van der Waals surface area (Å²) >= 11 is 0. The third-order valence-corrected chi connectivity index (χ3v) is 3.97. The molecule has 0 bridgehead atoms. The smallest absolute Gasteiger partial charge is 0.241 e. The lowest BCUT2D eigenvalue weighted by atomic mass is 9.98. The maximum absolute atomic E-state index is 12.5. The van der Waals surface area contributed by atoms with Gasteiger partial charge in [-0.1, -0.05) is 47.5 Å². The second kappa shape index (κ2) is 7.13. The molecule has 3 atom stereocenters. The summed E-state index contributed by atoms with van der Waals surface area (Å²) in [6.45, 7) is 11.0. The van der Waals surface area contributed by atoms with Crippen molar-refractivity contribution in [3.05, 3.63) is 0 Å². The molecule has 0 saturated carbocycles. The van der Waals surface area contributed by atoms with Gasteiger partial charge in [-0.2, -0.15) is 0 Å². The lowest BCUT2D eigenvalue weighted by Gasteiger charge is -2.34. The number of carbonyl (C=O) groups excluding carboxylic acids is 1. The largest absolute Gasteiger partial charge is 0.323 e. The van der Waals surface area contributed by atoms with Crippen LogP contribution in [0.2, 0.25) is 0 Å². The lowest BCUT2D eigenvalue weighted by molar-refractivity contribution is -0.133. The van der Waals surface area contributed by atoms with E-state index in [-0.39, 0.29) is 12.2 Å². The van der Waals surface area contributed by atoms with E-state index >= 15 is 0 Å². The number of rotatable bonds is 7. The van der Waals surface area contributed by atoms with E-state index in [9.17, 15) is 4.79 Å². The molecule has 3 nitrogen and oxygen atoms in total. The number of hydrogen-bond acceptors (Lipinski definition) is 2. The van der Waals surface area contributed by atoms with Gasteiger partial charge in [-0.25, -0.2) is 0 Å². The Kier molecular flexibility index (Phi) is 6.13. The number of nitrogens with one attached hydrogen (secondary N) is 1. The fraction of sp³-hybridized carbons (Fsp3) is 0.933. The molecule has 0 aliphatic carbocycles.